The largest absolute Gasteiger partial charge is 0.438 e. The molecule has 0 saturated heterocycles. The summed E-state index contributed by atoms with van der Waals surface area (Å²) in [7, 11) is 0. The van der Waals surface area contributed by atoms with Gasteiger partial charge in [0.15, 0.2) is 11.6 Å². The van der Waals surface area contributed by atoms with Gasteiger partial charge in [-0.05, 0) is 55.5 Å². The van der Waals surface area contributed by atoms with Gasteiger partial charge in [0.05, 0.1) is 16.6 Å². The number of fused-ring (bicyclic) bond motifs is 1. The highest BCUT2D eigenvalue weighted by Crippen LogP contribution is 2.24. The van der Waals surface area contributed by atoms with Gasteiger partial charge in [-0.25, -0.2) is 9.97 Å². The van der Waals surface area contributed by atoms with E-state index in [1.807, 2.05) is 24.3 Å². The fraction of sp³-hybridized carbons (Fsp3) is 0.0476. The molecule has 0 atom stereocenters. The molecule has 2 aromatic carbocycles. The van der Waals surface area contributed by atoms with E-state index in [1.54, 1.807) is 42.6 Å². The van der Waals surface area contributed by atoms with Crippen LogP contribution in [0.4, 0.5) is 0 Å². The van der Waals surface area contributed by atoms with Crippen LogP contribution in [0.3, 0.4) is 0 Å². The zero-order valence-corrected chi connectivity index (χ0v) is 14.5. The lowest BCUT2D eigenvalue weighted by Gasteiger charge is -2.08. The van der Waals surface area contributed by atoms with E-state index in [0.717, 1.165) is 11.0 Å². The molecule has 0 fully saturated rings. The van der Waals surface area contributed by atoms with E-state index in [1.165, 1.54) is 6.92 Å². The van der Waals surface area contributed by atoms with Crippen LogP contribution in [0.2, 0.25) is 0 Å². The summed E-state index contributed by atoms with van der Waals surface area (Å²) < 4.78 is 5.69. The fourth-order valence-electron chi connectivity index (χ4n) is 2.72. The van der Waals surface area contributed by atoms with Crippen LogP contribution in [-0.4, -0.2) is 26.5 Å². The first kappa shape index (κ1) is 16.7. The minimum absolute atomic E-state index is 0.130. The average Bonchev–Trinajstić information content (AvgIpc) is 3.12. The molecular formula is C21H15N3O3. The molecule has 0 bridgehead atoms. The van der Waals surface area contributed by atoms with E-state index in [2.05, 4.69) is 15.0 Å². The van der Waals surface area contributed by atoms with Gasteiger partial charge in [0, 0.05) is 11.8 Å². The van der Waals surface area contributed by atoms with E-state index < -0.39 is 0 Å². The molecule has 6 nitrogen and oxygen atoms in total. The third kappa shape index (κ3) is 3.32. The summed E-state index contributed by atoms with van der Waals surface area (Å²) in [5.41, 5.74) is 2.44. The van der Waals surface area contributed by atoms with E-state index >= 15 is 0 Å². The van der Waals surface area contributed by atoms with Crippen molar-refractivity contribution in [3.63, 3.8) is 0 Å². The molecule has 0 radical (unpaired) electrons. The first-order valence-electron chi connectivity index (χ1n) is 8.35. The highest BCUT2D eigenvalue weighted by Gasteiger charge is 2.15. The Labute approximate surface area is 154 Å². The normalized spacial score (nSPS) is 10.7. The minimum atomic E-state index is -0.208. The maximum absolute atomic E-state index is 12.6. The SMILES string of the molecule is CC(=O)c1cccnc1Oc1ccc(C(=O)c2nc3ccccc3[nH]2)cc1. The number of imidazole rings is 1. The monoisotopic (exact) mass is 357 g/mol. The van der Waals surface area contributed by atoms with Crippen LogP contribution in [0.1, 0.15) is 33.5 Å². The third-order valence-corrected chi connectivity index (χ3v) is 4.09. The molecule has 132 valence electrons. The number of para-hydroxylation sites is 2. The minimum Gasteiger partial charge on any atom is -0.438 e. The van der Waals surface area contributed by atoms with Crippen molar-refractivity contribution in [1.29, 1.82) is 0 Å². The van der Waals surface area contributed by atoms with Crippen molar-refractivity contribution in [2.75, 3.05) is 0 Å². The summed E-state index contributed by atoms with van der Waals surface area (Å²) in [6, 6.07) is 17.4. The number of hydrogen-bond donors (Lipinski definition) is 1. The summed E-state index contributed by atoms with van der Waals surface area (Å²) in [5.74, 6) is 0.668. The number of rotatable bonds is 5. The summed E-state index contributed by atoms with van der Waals surface area (Å²) in [5, 5.41) is 0. The number of benzene rings is 2. The van der Waals surface area contributed by atoms with Crippen LogP contribution < -0.4 is 4.74 Å². The van der Waals surface area contributed by atoms with Gasteiger partial charge in [-0.15, -0.1) is 0 Å². The van der Waals surface area contributed by atoms with E-state index in [0.29, 0.717) is 16.9 Å². The van der Waals surface area contributed by atoms with Gasteiger partial charge in [0.25, 0.3) is 0 Å². The Hall–Kier alpha value is -3.80. The summed E-state index contributed by atoms with van der Waals surface area (Å²) in [4.78, 5) is 35.7. The average molecular weight is 357 g/mol. The lowest BCUT2D eigenvalue weighted by molar-refractivity contribution is 0.101. The number of nitrogens with zero attached hydrogens (tertiary/aromatic N) is 2. The van der Waals surface area contributed by atoms with Crippen molar-refractivity contribution < 1.29 is 14.3 Å². The molecule has 0 aliphatic rings. The summed E-state index contributed by atoms with van der Waals surface area (Å²) in [6.45, 7) is 1.46. The topological polar surface area (TPSA) is 84.9 Å². The maximum Gasteiger partial charge on any atom is 0.230 e. The number of carbonyl (C=O) groups is 2. The van der Waals surface area contributed by atoms with Crippen molar-refractivity contribution >= 4 is 22.6 Å². The van der Waals surface area contributed by atoms with Crippen LogP contribution in [0.25, 0.3) is 11.0 Å². The Morgan fingerprint density at radius 2 is 1.74 bits per heavy atom. The Bertz CT molecular complexity index is 1110. The first-order valence-corrected chi connectivity index (χ1v) is 8.35. The lowest BCUT2D eigenvalue weighted by atomic mass is 10.1. The molecule has 4 rings (SSSR count). The first-order chi connectivity index (χ1) is 13.1. The number of Topliss-reactive ketones (excluding diaryl/α,β-unsaturated/α-hetero) is 1. The molecule has 27 heavy (non-hydrogen) atoms. The number of pyridine rings is 1. The van der Waals surface area contributed by atoms with Gasteiger partial charge in [0.2, 0.25) is 11.7 Å². The zero-order chi connectivity index (χ0) is 18.8. The quantitative estimate of drug-likeness (QED) is 0.542. The Balaban J connectivity index is 1.57. The fourth-order valence-corrected chi connectivity index (χ4v) is 2.72. The van der Waals surface area contributed by atoms with E-state index in [9.17, 15) is 9.59 Å². The number of aromatic amines is 1. The number of nitrogens with one attached hydrogen (secondary N) is 1. The highest BCUT2D eigenvalue weighted by atomic mass is 16.5. The molecule has 1 N–H and O–H groups in total. The number of H-pyrrole nitrogens is 1. The van der Waals surface area contributed by atoms with E-state index in [-0.39, 0.29) is 23.3 Å². The second-order valence-electron chi connectivity index (χ2n) is 5.97. The zero-order valence-electron chi connectivity index (χ0n) is 14.5. The maximum atomic E-state index is 12.6. The Kier molecular flexibility index (Phi) is 4.22. The van der Waals surface area contributed by atoms with Crippen LogP contribution in [0, 0.1) is 0 Å². The van der Waals surface area contributed by atoms with Gasteiger partial charge in [-0.1, -0.05) is 12.1 Å². The predicted molar refractivity (Wildman–Crippen MR) is 100 cm³/mol. The number of ketones is 2. The van der Waals surface area contributed by atoms with Crippen molar-refractivity contribution in [3.8, 4) is 11.6 Å². The van der Waals surface area contributed by atoms with Gasteiger partial charge < -0.3 is 9.72 Å². The molecule has 0 unspecified atom stereocenters. The molecule has 2 heterocycles. The van der Waals surface area contributed by atoms with Crippen LogP contribution in [0.5, 0.6) is 11.6 Å². The van der Waals surface area contributed by atoms with Crippen LogP contribution in [-0.2, 0) is 0 Å². The van der Waals surface area contributed by atoms with E-state index in [4.69, 9.17) is 4.74 Å². The molecule has 0 spiro atoms. The molecule has 0 aliphatic heterocycles. The second-order valence-corrected chi connectivity index (χ2v) is 5.97. The number of aromatic nitrogens is 3. The standard InChI is InChI=1S/C21H15N3O3/c1-13(25)16-5-4-12-22-21(16)27-15-10-8-14(9-11-15)19(26)20-23-17-6-2-3-7-18(17)24-20/h2-12H,1H3,(H,23,24). The molecule has 0 amide bonds. The van der Waals surface area contributed by atoms with Gasteiger partial charge in [-0.3, -0.25) is 9.59 Å². The van der Waals surface area contributed by atoms with Crippen molar-refractivity contribution in [2.45, 2.75) is 6.92 Å². The molecule has 0 saturated carbocycles. The number of hydrogen-bond acceptors (Lipinski definition) is 5. The molecular weight excluding hydrogens is 342 g/mol. The van der Waals surface area contributed by atoms with Crippen LogP contribution in [0.15, 0.2) is 66.9 Å². The number of carbonyl (C=O) groups excluding carboxylic acids is 2. The molecule has 6 heteroatoms. The smallest absolute Gasteiger partial charge is 0.230 e. The predicted octanol–water partition coefficient (Wildman–Crippen LogP) is 4.18. The van der Waals surface area contributed by atoms with Gasteiger partial charge >= 0.3 is 0 Å². The lowest BCUT2D eigenvalue weighted by Crippen LogP contribution is -2.03. The Morgan fingerprint density at radius 1 is 0.963 bits per heavy atom. The van der Waals surface area contributed by atoms with Crippen molar-refractivity contribution in [3.05, 3.63) is 83.8 Å². The second kappa shape index (κ2) is 6.84. The Morgan fingerprint density at radius 3 is 2.48 bits per heavy atom. The molecule has 4 aromatic rings. The van der Waals surface area contributed by atoms with Gasteiger partial charge in [0.1, 0.15) is 5.75 Å². The van der Waals surface area contributed by atoms with Crippen molar-refractivity contribution in [1.82, 2.24) is 15.0 Å². The summed E-state index contributed by atoms with van der Waals surface area (Å²) >= 11 is 0. The van der Waals surface area contributed by atoms with Gasteiger partial charge in [-0.2, -0.15) is 0 Å². The molecule has 0 aliphatic carbocycles. The highest BCUT2D eigenvalue weighted by molar-refractivity contribution is 6.08. The molecule has 2 aromatic heterocycles. The number of ether oxygens (including phenoxy) is 1. The van der Waals surface area contributed by atoms with Crippen molar-refractivity contribution in [2.24, 2.45) is 0 Å². The summed E-state index contributed by atoms with van der Waals surface area (Å²) in [6.07, 6.45) is 1.56. The van der Waals surface area contributed by atoms with Crippen LogP contribution >= 0.6 is 0 Å². The third-order valence-electron chi connectivity index (χ3n) is 4.09.